The molecule has 0 bridgehead atoms. The summed E-state index contributed by atoms with van der Waals surface area (Å²) < 4.78 is 56.7. The van der Waals surface area contributed by atoms with Gasteiger partial charge in [0.15, 0.2) is 6.61 Å². The van der Waals surface area contributed by atoms with E-state index in [1.165, 1.54) is 10.4 Å². The average Bonchev–Trinajstić information content (AvgIpc) is 3.32. The number of benzene rings is 2. The van der Waals surface area contributed by atoms with Crippen LogP contribution in [-0.2, 0) is 21.4 Å². The first-order valence-electron chi connectivity index (χ1n) is 10.3. The van der Waals surface area contributed by atoms with Crippen LogP contribution in [-0.4, -0.2) is 49.0 Å². The first kappa shape index (κ1) is 22.9. The number of hydrogen-bond acceptors (Lipinski definition) is 8. The lowest BCUT2D eigenvalue weighted by atomic mass is 10.2. The van der Waals surface area contributed by atoms with Gasteiger partial charge < -0.3 is 14.0 Å². The van der Waals surface area contributed by atoms with Gasteiger partial charge in [-0.25, -0.2) is 17.6 Å². The summed E-state index contributed by atoms with van der Waals surface area (Å²) in [4.78, 5) is 16.1. The summed E-state index contributed by atoms with van der Waals surface area (Å²) in [5, 5.41) is 3.85. The molecule has 1 aliphatic rings. The molecule has 2 heterocycles. The van der Waals surface area contributed by atoms with Crippen molar-refractivity contribution in [3.63, 3.8) is 0 Å². The van der Waals surface area contributed by atoms with Crippen LogP contribution in [0.2, 0.25) is 0 Å². The number of carbonyl (C=O) groups is 1. The van der Waals surface area contributed by atoms with Gasteiger partial charge in [-0.05, 0) is 43.2 Å². The Hall–Kier alpha value is -3.31. The van der Waals surface area contributed by atoms with Crippen molar-refractivity contribution < 1.29 is 31.6 Å². The number of esters is 1. The summed E-state index contributed by atoms with van der Waals surface area (Å²) in [6, 6.07) is 10.2. The van der Waals surface area contributed by atoms with Gasteiger partial charge in [0.2, 0.25) is 15.8 Å². The number of rotatable bonds is 7. The number of aromatic nitrogens is 2. The Morgan fingerprint density at radius 1 is 1.15 bits per heavy atom. The molecule has 0 radical (unpaired) electrons. The van der Waals surface area contributed by atoms with E-state index >= 15 is 0 Å². The molecular formula is C22H22FN3O6S. The quantitative estimate of drug-likeness (QED) is 0.478. The maximum absolute atomic E-state index is 14.4. The zero-order valence-electron chi connectivity index (χ0n) is 17.9. The summed E-state index contributed by atoms with van der Waals surface area (Å²) in [6.07, 6.45) is 2.35. The SMILES string of the molecule is COc1cccc(-c2noc(COC(=O)c3ccc(F)c(S(=O)(=O)N4CCCCC4)c3)n2)c1. The molecule has 4 rings (SSSR count). The summed E-state index contributed by atoms with van der Waals surface area (Å²) in [6.45, 7) is 0.313. The molecule has 0 N–H and O–H groups in total. The summed E-state index contributed by atoms with van der Waals surface area (Å²) in [7, 11) is -2.51. The second-order valence-corrected chi connectivity index (χ2v) is 9.34. The number of sulfonamides is 1. The van der Waals surface area contributed by atoms with Gasteiger partial charge in [-0.3, -0.25) is 0 Å². The second kappa shape index (κ2) is 9.67. The summed E-state index contributed by atoms with van der Waals surface area (Å²) in [5.41, 5.74) is 0.557. The van der Waals surface area contributed by atoms with Crippen LogP contribution in [0.1, 0.15) is 35.5 Å². The highest BCUT2D eigenvalue weighted by molar-refractivity contribution is 7.89. The largest absolute Gasteiger partial charge is 0.497 e. The zero-order chi connectivity index (χ0) is 23.4. The predicted octanol–water partition coefficient (Wildman–Crippen LogP) is 3.42. The molecule has 0 saturated carbocycles. The number of methoxy groups -OCH3 is 1. The van der Waals surface area contributed by atoms with E-state index in [4.69, 9.17) is 14.0 Å². The van der Waals surface area contributed by atoms with Crippen LogP contribution in [0, 0.1) is 5.82 Å². The van der Waals surface area contributed by atoms with Crippen LogP contribution in [0.15, 0.2) is 51.9 Å². The number of halogens is 1. The normalized spacial score (nSPS) is 14.7. The van der Waals surface area contributed by atoms with Gasteiger partial charge in [0.25, 0.3) is 5.89 Å². The van der Waals surface area contributed by atoms with E-state index < -0.39 is 26.7 Å². The zero-order valence-corrected chi connectivity index (χ0v) is 18.7. The fraction of sp³-hybridized carbons (Fsp3) is 0.318. The summed E-state index contributed by atoms with van der Waals surface area (Å²) >= 11 is 0. The molecule has 0 atom stereocenters. The van der Waals surface area contributed by atoms with Crippen molar-refractivity contribution in [3.8, 4) is 17.1 Å². The maximum atomic E-state index is 14.4. The fourth-order valence-corrected chi connectivity index (χ4v) is 5.08. The number of nitrogens with zero attached hydrogens (tertiary/aromatic N) is 3. The van der Waals surface area contributed by atoms with E-state index in [1.807, 2.05) is 0 Å². The van der Waals surface area contributed by atoms with Crippen LogP contribution < -0.4 is 4.74 Å². The van der Waals surface area contributed by atoms with Crippen molar-refractivity contribution in [2.75, 3.05) is 20.2 Å². The van der Waals surface area contributed by atoms with Gasteiger partial charge in [-0.15, -0.1) is 0 Å². The van der Waals surface area contributed by atoms with E-state index in [9.17, 15) is 17.6 Å². The first-order valence-corrected chi connectivity index (χ1v) is 11.8. The molecule has 0 spiro atoms. The molecule has 0 unspecified atom stereocenters. The third-order valence-electron chi connectivity index (χ3n) is 5.22. The molecule has 1 aliphatic heterocycles. The van der Waals surface area contributed by atoms with E-state index in [-0.39, 0.29) is 23.9 Å². The number of carbonyl (C=O) groups excluding carboxylic acids is 1. The molecule has 3 aromatic rings. The molecule has 0 amide bonds. The van der Waals surface area contributed by atoms with Crippen molar-refractivity contribution in [1.82, 2.24) is 14.4 Å². The molecule has 1 fully saturated rings. The van der Waals surface area contributed by atoms with Crippen molar-refractivity contribution in [1.29, 1.82) is 0 Å². The monoisotopic (exact) mass is 475 g/mol. The Balaban J connectivity index is 1.46. The van der Waals surface area contributed by atoms with Gasteiger partial charge in [-0.1, -0.05) is 23.7 Å². The Bertz CT molecular complexity index is 1250. The molecule has 1 aromatic heterocycles. The fourth-order valence-electron chi connectivity index (χ4n) is 3.48. The maximum Gasteiger partial charge on any atom is 0.338 e. The standard InChI is InChI=1S/C22H22FN3O6S/c1-30-17-7-5-6-15(12-17)21-24-20(32-25-21)14-31-22(27)16-8-9-18(23)19(13-16)33(28,29)26-10-3-2-4-11-26/h5-9,12-13H,2-4,10-11,14H2,1H3. The molecule has 33 heavy (non-hydrogen) atoms. The number of ether oxygens (including phenoxy) is 2. The Morgan fingerprint density at radius 2 is 1.94 bits per heavy atom. The van der Waals surface area contributed by atoms with Gasteiger partial charge in [0.1, 0.15) is 16.5 Å². The Labute approximate surface area is 190 Å². The molecule has 0 aliphatic carbocycles. The Morgan fingerprint density at radius 3 is 2.70 bits per heavy atom. The lowest BCUT2D eigenvalue weighted by molar-refractivity contribution is 0.0429. The highest BCUT2D eigenvalue weighted by Crippen LogP contribution is 2.25. The Kier molecular flexibility index (Phi) is 6.70. The van der Waals surface area contributed by atoms with Crippen molar-refractivity contribution in [2.24, 2.45) is 0 Å². The molecule has 1 saturated heterocycles. The van der Waals surface area contributed by atoms with Gasteiger partial charge >= 0.3 is 5.97 Å². The van der Waals surface area contributed by atoms with Gasteiger partial charge in [0, 0.05) is 18.7 Å². The highest BCUT2D eigenvalue weighted by atomic mass is 32.2. The predicted molar refractivity (Wildman–Crippen MR) is 114 cm³/mol. The van der Waals surface area contributed by atoms with Crippen molar-refractivity contribution >= 4 is 16.0 Å². The molecule has 174 valence electrons. The molecule has 11 heteroatoms. The molecule has 2 aromatic carbocycles. The highest BCUT2D eigenvalue weighted by Gasteiger charge is 2.29. The lowest BCUT2D eigenvalue weighted by Gasteiger charge is -2.26. The van der Waals surface area contributed by atoms with Gasteiger partial charge in [0.05, 0.1) is 12.7 Å². The van der Waals surface area contributed by atoms with E-state index in [0.29, 0.717) is 37.2 Å². The van der Waals surface area contributed by atoms with Crippen LogP contribution >= 0.6 is 0 Å². The van der Waals surface area contributed by atoms with E-state index in [2.05, 4.69) is 10.1 Å². The number of piperidine rings is 1. The smallest absolute Gasteiger partial charge is 0.338 e. The van der Waals surface area contributed by atoms with E-state index in [0.717, 1.165) is 18.6 Å². The minimum absolute atomic E-state index is 0.0458. The third kappa shape index (κ3) is 5.04. The van der Waals surface area contributed by atoms with Crippen LogP contribution in [0.25, 0.3) is 11.4 Å². The second-order valence-electron chi connectivity index (χ2n) is 7.43. The van der Waals surface area contributed by atoms with E-state index in [1.54, 1.807) is 31.4 Å². The topological polar surface area (TPSA) is 112 Å². The van der Waals surface area contributed by atoms with Crippen LogP contribution in [0.4, 0.5) is 4.39 Å². The third-order valence-corrected chi connectivity index (χ3v) is 7.14. The minimum Gasteiger partial charge on any atom is -0.497 e. The number of hydrogen-bond donors (Lipinski definition) is 0. The first-order chi connectivity index (χ1) is 15.9. The van der Waals surface area contributed by atoms with Crippen LogP contribution in [0.5, 0.6) is 5.75 Å². The van der Waals surface area contributed by atoms with Crippen molar-refractivity contribution in [3.05, 3.63) is 59.7 Å². The van der Waals surface area contributed by atoms with Gasteiger partial charge in [-0.2, -0.15) is 9.29 Å². The lowest BCUT2D eigenvalue weighted by Crippen LogP contribution is -2.36. The van der Waals surface area contributed by atoms with Crippen LogP contribution in [0.3, 0.4) is 0 Å². The molecular weight excluding hydrogens is 453 g/mol. The molecule has 9 nitrogen and oxygen atoms in total. The minimum atomic E-state index is -4.05. The summed E-state index contributed by atoms with van der Waals surface area (Å²) in [5.74, 6) is -0.804. The van der Waals surface area contributed by atoms with Crippen molar-refractivity contribution in [2.45, 2.75) is 30.8 Å². The average molecular weight is 475 g/mol.